The van der Waals surface area contributed by atoms with Gasteiger partial charge in [0, 0.05) is 43.1 Å². The third kappa shape index (κ3) is 5.87. The predicted molar refractivity (Wildman–Crippen MR) is 142 cm³/mol. The molecule has 1 aliphatic heterocycles. The first kappa shape index (κ1) is 25.7. The second-order valence-electron chi connectivity index (χ2n) is 8.74. The van der Waals surface area contributed by atoms with Crippen LogP contribution in [0.1, 0.15) is 38.7 Å². The van der Waals surface area contributed by atoms with Gasteiger partial charge in [0.25, 0.3) is 0 Å². The van der Waals surface area contributed by atoms with Crippen LogP contribution in [0, 0.1) is 5.92 Å². The first-order chi connectivity index (χ1) is 16.4. The SMILES string of the molecule is CCOCCCn1c(SCc2ccccc2Br)nc2cc(S(=O)(=O)N3CCC[C@H](C)C3)ccc21. The Labute approximate surface area is 215 Å². The molecular formula is C25H32BrN3O3S2. The first-order valence-corrected chi connectivity index (χ1v) is 15.1. The maximum absolute atomic E-state index is 13.3. The molecule has 4 rings (SSSR count). The molecule has 0 amide bonds. The molecule has 9 heteroatoms. The summed E-state index contributed by atoms with van der Waals surface area (Å²) in [4.78, 5) is 5.21. The van der Waals surface area contributed by atoms with Crippen molar-refractivity contribution in [2.75, 3.05) is 26.3 Å². The van der Waals surface area contributed by atoms with Gasteiger partial charge in [0.05, 0.1) is 15.9 Å². The second kappa shape index (κ2) is 11.6. The van der Waals surface area contributed by atoms with Gasteiger partial charge in [-0.25, -0.2) is 13.4 Å². The van der Waals surface area contributed by atoms with Crippen molar-refractivity contribution in [3.05, 3.63) is 52.5 Å². The summed E-state index contributed by atoms with van der Waals surface area (Å²) in [7, 11) is -3.52. The number of thioether (sulfide) groups is 1. The molecule has 3 aromatic rings. The zero-order chi connectivity index (χ0) is 24.1. The van der Waals surface area contributed by atoms with E-state index in [9.17, 15) is 8.42 Å². The topological polar surface area (TPSA) is 64.4 Å². The molecule has 0 N–H and O–H groups in total. The molecule has 0 saturated carbocycles. The molecule has 0 spiro atoms. The molecule has 0 unspecified atom stereocenters. The summed E-state index contributed by atoms with van der Waals surface area (Å²) < 4.78 is 37.1. The number of hydrogen-bond donors (Lipinski definition) is 0. The van der Waals surface area contributed by atoms with E-state index in [1.165, 1.54) is 5.56 Å². The summed E-state index contributed by atoms with van der Waals surface area (Å²) in [6.45, 7) is 7.43. The molecule has 0 aliphatic carbocycles. The van der Waals surface area contributed by atoms with Crippen molar-refractivity contribution in [3.63, 3.8) is 0 Å². The molecule has 1 aromatic heterocycles. The lowest BCUT2D eigenvalue weighted by Crippen LogP contribution is -2.39. The normalized spacial score (nSPS) is 17.4. The Morgan fingerprint density at radius 3 is 2.82 bits per heavy atom. The van der Waals surface area contributed by atoms with Crippen molar-refractivity contribution in [2.45, 2.75) is 55.5 Å². The average molecular weight is 567 g/mol. The van der Waals surface area contributed by atoms with Crippen LogP contribution in [-0.2, 0) is 27.1 Å². The van der Waals surface area contributed by atoms with E-state index in [0.717, 1.165) is 52.2 Å². The molecule has 34 heavy (non-hydrogen) atoms. The number of piperidine rings is 1. The van der Waals surface area contributed by atoms with Gasteiger partial charge >= 0.3 is 0 Å². The Morgan fingerprint density at radius 1 is 1.24 bits per heavy atom. The number of imidazole rings is 1. The van der Waals surface area contributed by atoms with E-state index >= 15 is 0 Å². The summed E-state index contributed by atoms with van der Waals surface area (Å²) in [6, 6.07) is 13.6. The minimum atomic E-state index is -3.52. The van der Waals surface area contributed by atoms with Gasteiger partial charge in [0.1, 0.15) is 0 Å². The molecule has 1 saturated heterocycles. The van der Waals surface area contributed by atoms with Crippen molar-refractivity contribution in [1.29, 1.82) is 0 Å². The van der Waals surface area contributed by atoms with Crippen LogP contribution in [0.3, 0.4) is 0 Å². The zero-order valence-electron chi connectivity index (χ0n) is 19.7. The minimum Gasteiger partial charge on any atom is -0.382 e. The highest BCUT2D eigenvalue weighted by molar-refractivity contribution is 9.10. The van der Waals surface area contributed by atoms with E-state index in [2.05, 4.69) is 33.5 Å². The van der Waals surface area contributed by atoms with Crippen LogP contribution in [0.2, 0.25) is 0 Å². The Bertz CT molecular complexity index is 1230. The van der Waals surface area contributed by atoms with Gasteiger partial charge in [0.2, 0.25) is 10.0 Å². The zero-order valence-corrected chi connectivity index (χ0v) is 23.0. The molecule has 2 heterocycles. The summed E-state index contributed by atoms with van der Waals surface area (Å²) in [5.74, 6) is 1.16. The van der Waals surface area contributed by atoms with Gasteiger partial charge in [-0.15, -0.1) is 0 Å². The highest BCUT2D eigenvalue weighted by atomic mass is 79.9. The summed E-state index contributed by atoms with van der Waals surface area (Å²) in [6.07, 6.45) is 2.86. The maximum Gasteiger partial charge on any atom is 0.243 e. The number of rotatable bonds is 10. The lowest BCUT2D eigenvalue weighted by Gasteiger charge is -2.30. The Kier molecular flexibility index (Phi) is 8.74. The van der Waals surface area contributed by atoms with Crippen molar-refractivity contribution < 1.29 is 13.2 Å². The molecule has 0 bridgehead atoms. The molecule has 1 aliphatic rings. The number of halogens is 1. The van der Waals surface area contributed by atoms with E-state index in [1.807, 2.05) is 31.2 Å². The van der Waals surface area contributed by atoms with Crippen LogP contribution < -0.4 is 0 Å². The van der Waals surface area contributed by atoms with E-state index in [-0.39, 0.29) is 0 Å². The first-order valence-electron chi connectivity index (χ1n) is 11.8. The third-order valence-corrected chi connectivity index (χ3v) is 9.79. The fraction of sp³-hybridized carbons (Fsp3) is 0.480. The van der Waals surface area contributed by atoms with Gasteiger partial charge in [-0.1, -0.05) is 52.8 Å². The summed E-state index contributed by atoms with van der Waals surface area (Å²) in [5.41, 5.74) is 2.87. The smallest absolute Gasteiger partial charge is 0.243 e. The van der Waals surface area contributed by atoms with E-state index in [4.69, 9.17) is 9.72 Å². The van der Waals surface area contributed by atoms with Crippen LogP contribution in [0.5, 0.6) is 0 Å². The van der Waals surface area contributed by atoms with E-state index < -0.39 is 10.0 Å². The fourth-order valence-electron chi connectivity index (χ4n) is 4.31. The van der Waals surface area contributed by atoms with Crippen molar-refractivity contribution in [2.24, 2.45) is 5.92 Å². The maximum atomic E-state index is 13.3. The van der Waals surface area contributed by atoms with Crippen molar-refractivity contribution >= 4 is 48.7 Å². The molecule has 2 aromatic carbocycles. The third-order valence-electron chi connectivity index (χ3n) is 6.13. The summed E-state index contributed by atoms with van der Waals surface area (Å²) >= 11 is 5.29. The standard InChI is InChI=1S/C25H32BrN3O3S2/c1-3-32-15-7-14-29-24-12-11-21(34(30,31)28-13-6-8-19(2)17-28)16-23(24)27-25(29)33-18-20-9-4-5-10-22(20)26/h4-5,9-12,16,19H,3,6-8,13-15,17-18H2,1-2H3/t19-/m0/s1. The Morgan fingerprint density at radius 2 is 2.06 bits per heavy atom. The lowest BCUT2D eigenvalue weighted by atomic mass is 10.0. The number of ether oxygens (including phenoxy) is 1. The predicted octanol–water partition coefficient (Wildman–Crippen LogP) is 5.94. The number of fused-ring (bicyclic) bond motifs is 1. The molecule has 1 fully saturated rings. The Balaban J connectivity index is 1.64. The van der Waals surface area contributed by atoms with Gasteiger partial charge in [-0.3, -0.25) is 0 Å². The van der Waals surface area contributed by atoms with E-state index in [1.54, 1.807) is 28.2 Å². The Hall–Kier alpha value is -1.39. The number of benzene rings is 2. The monoisotopic (exact) mass is 565 g/mol. The second-order valence-corrected chi connectivity index (χ2v) is 12.5. The van der Waals surface area contributed by atoms with E-state index in [0.29, 0.717) is 37.1 Å². The molecule has 1 atom stereocenters. The van der Waals surface area contributed by atoms with Crippen molar-refractivity contribution in [1.82, 2.24) is 13.9 Å². The number of aryl methyl sites for hydroxylation is 1. The minimum absolute atomic E-state index is 0.329. The highest BCUT2D eigenvalue weighted by Gasteiger charge is 2.29. The lowest BCUT2D eigenvalue weighted by molar-refractivity contribution is 0.141. The number of aromatic nitrogens is 2. The number of nitrogens with zero attached hydrogens (tertiary/aromatic N) is 3. The highest BCUT2D eigenvalue weighted by Crippen LogP contribution is 2.31. The fourth-order valence-corrected chi connectivity index (χ4v) is 7.59. The van der Waals surface area contributed by atoms with Crippen LogP contribution in [-0.4, -0.2) is 48.6 Å². The van der Waals surface area contributed by atoms with Gasteiger partial charge < -0.3 is 9.30 Å². The van der Waals surface area contributed by atoms with Gasteiger partial charge in [0.15, 0.2) is 5.16 Å². The number of sulfonamides is 1. The van der Waals surface area contributed by atoms with Crippen LogP contribution in [0.4, 0.5) is 0 Å². The number of hydrogen-bond acceptors (Lipinski definition) is 5. The van der Waals surface area contributed by atoms with Crippen LogP contribution in [0.25, 0.3) is 11.0 Å². The quantitative estimate of drug-likeness (QED) is 0.225. The average Bonchev–Trinajstić information content (AvgIpc) is 3.18. The molecular weight excluding hydrogens is 534 g/mol. The molecule has 184 valence electrons. The van der Waals surface area contributed by atoms with Gasteiger partial charge in [-0.2, -0.15) is 4.31 Å². The van der Waals surface area contributed by atoms with Crippen LogP contribution in [0.15, 0.2) is 57.0 Å². The molecule has 0 radical (unpaired) electrons. The largest absolute Gasteiger partial charge is 0.382 e. The van der Waals surface area contributed by atoms with Crippen LogP contribution >= 0.6 is 27.7 Å². The summed E-state index contributed by atoms with van der Waals surface area (Å²) in [5, 5.41) is 0.892. The van der Waals surface area contributed by atoms with Crippen molar-refractivity contribution in [3.8, 4) is 0 Å². The van der Waals surface area contributed by atoms with Gasteiger partial charge in [-0.05, 0) is 61.9 Å². The molecule has 6 nitrogen and oxygen atoms in total.